The summed E-state index contributed by atoms with van der Waals surface area (Å²) in [6.07, 6.45) is 1.89. The van der Waals surface area contributed by atoms with Gasteiger partial charge in [0.05, 0.1) is 25.4 Å². The summed E-state index contributed by atoms with van der Waals surface area (Å²) in [7, 11) is -4.41. The van der Waals surface area contributed by atoms with Crippen LogP contribution >= 0.6 is 0 Å². The van der Waals surface area contributed by atoms with E-state index >= 15 is 0 Å². The van der Waals surface area contributed by atoms with E-state index in [-0.39, 0.29) is 29.0 Å². The molecule has 1 unspecified atom stereocenters. The molecule has 4 rings (SSSR count). The highest BCUT2D eigenvalue weighted by Crippen LogP contribution is 2.36. The zero-order chi connectivity index (χ0) is 28.5. The van der Waals surface area contributed by atoms with Crippen molar-refractivity contribution in [2.45, 2.75) is 63.7 Å². The number of aliphatic hydroxyl groups excluding tert-OH is 1. The second-order valence-electron chi connectivity index (χ2n) is 9.29. The number of hydrogen-bond acceptors (Lipinski definition) is 11. The third kappa shape index (κ3) is 6.41. The number of fused-ring (bicyclic) bond motifs is 2. The summed E-state index contributed by atoms with van der Waals surface area (Å²) in [6, 6.07) is -0.998. The van der Waals surface area contributed by atoms with Gasteiger partial charge in [0.1, 0.15) is 17.5 Å². The number of aryl methyl sites for hydroxylation is 1. The van der Waals surface area contributed by atoms with Gasteiger partial charge in [0, 0.05) is 18.0 Å². The third-order valence-corrected chi connectivity index (χ3v) is 7.61. The first-order valence-corrected chi connectivity index (χ1v) is 13.6. The number of nitrogens with one attached hydrogen (secondary N) is 1. The van der Waals surface area contributed by atoms with Crippen LogP contribution in [0.2, 0.25) is 0 Å². The van der Waals surface area contributed by atoms with Gasteiger partial charge in [-0.05, 0) is 33.3 Å². The van der Waals surface area contributed by atoms with Crippen LogP contribution < -0.4 is 4.72 Å². The van der Waals surface area contributed by atoms with Gasteiger partial charge in [-0.15, -0.1) is 28.3 Å². The van der Waals surface area contributed by atoms with Crippen LogP contribution in [0, 0.1) is 6.92 Å². The van der Waals surface area contributed by atoms with Crippen LogP contribution in [-0.2, 0) is 24.3 Å². The number of guanidine groups is 1. The highest BCUT2D eigenvalue weighted by Gasteiger charge is 2.47. The lowest BCUT2D eigenvalue weighted by Crippen LogP contribution is -2.51. The molecule has 0 saturated heterocycles. The predicted octanol–water partition coefficient (Wildman–Crippen LogP) is 2.00. The van der Waals surface area contributed by atoms with E-state index in [1.807, 2.05) is 0 Å². The third-order valence-electron chi connectivity index (χ3n) is 5.92. The topological polar surface area (TPSA) is 139 Å². The highest BCUT2D eigenvalue weighted by atomic mass is 32.2. The lowest BCUT2D eigenvalue weighted by Gasteiger charge is -2.30. The molecule has 4 atom stereocenters. The largest absolute Gasteiger partial charge is 0.545 e. The average Bonchev–Trinajstić information content (AvgIpc) is 3.07. The number of halogens is 3. The van der Waals surface area contributed by atoms with E-state index in [9.17, 15) is 26.7 Å². The Morgan fingerprint density at radius 2 is 1.92 bits per heavy atom. The molecule has 12 nitrogen and oxygen atoms in total. The van der Waals surface area contributed by atoms with Crippen LogP contribution in [0.15, 0.2) is 53.2 Å². The molecule has 0 bridgehead atoms. The Kier molecular flexibility index (Phi) is 8.32. The molecule has 0 aromatic carbocycles. The van der Waals surface area contributed by atoms with Crippen molar-refractivity contribution in [2.24, 2.45) is 5.10 Å². The zero-order valence-corrected chi connectivity index (χ0v) is 22.3. The Balaban J connectivity index is 1.73. The lowest BCUT2D eigenvalue weighted by molar-refractivity contribution is -0.407. The van der Waals surface area contributed by atoms with Crippen molar-refractivity contribution >= 4 is 16.0 Å². The molecule has 1 aromatic heterocycles. The Bertz CT molecular complexity index is 1280. The maximum atomic E-state index is 13.6. The number of sulfonamides is 1. The maximum absolute atomic E-state index is 13.6. The van der Waals surface area contributed by atoms with E-state index in [0.717, 1.165) is 10.5 Å². The SMILES string of the molecule is Cc1cnc([C@H](OC(C)C)[C@H](C)S(=O)(=O)NC2=NN(OC(F)(F)F)C3=C4C=CC=CC4OC[C@@H](CO)N23)nc1. The number of hydroxylamine groups is 1. The number of alkyl halides is 3. The highest BCUT2D eigenvalue weighted by molar-refractivity contribution is 7.90. The minimum absolute atomic E-state index is 0.115. The number of rotatable bonds is 8. The second kappa shape index (κ2) is 11.2. The van der Waals surface area contributed by atoms with Crippen molar-refractivity contribution in [3.05, 3.63) is 59.5 Å². The number of ether oxygens (including phenoxy) is 2. The minimum Gasteiger partial charge on any atom is -0.394 e. The standard InChI is InChI=1S/C23H29F3N6O6S/c1-13(2)37-19(20-27-9-14(3)10-28-20)15(4)39(34,35)30-22-29-32(38-23(24,25)26)21-17-7-5-6-8-18(17)36-12-16(11-33)31(21)22/h5-10,13,15-16,18-19,33H,11-12H2,1-4H3,(H,29,30)/t15-,16+,18?,19+/m0/s1. The fraction of sp³-hybridized carbons (Fsp3) is 0.522. The van der Waals surface area contributed by atoms with Crippen molar-refractivity contribution in [2.75, 3.05) is 13.2 Å². The monoisotopic (exact) mass is 574 g/mol. The van der Waals surface area contributed by atoms with Gasteiger partial charge in [-0.2, -0.15) is 0 Å². The van der Waals surface area contributed by atoms with Gasteiger partial charge >= 0.3 is 6.36 Å². The Labute approximate surface area is 223 Å². The van der Waals surface area contributed by atoms with Crippen molar-refractivity contribution in [1.29, 1.82) is 0 Å². The van der Waals surface area contributed by atoms with Crippen LogP contribution in [0.1, 0.15) is 38.3 Å². The van der Waals surface area contributed by atoms with Gasteiger partial charge in [0.25, 0.3) is 0 Å². The molecule has 0 fully saturated rings. The Morgan fingerprint density at radius 3 is 2.54 bits per heavy atom. The molecule has 3 heterocycles. The molecule has 2 aliphatic heterocycles. The van der Waals surface area contributed by atoms with Gasteiger partial charge in [0.15, 0.2) is 11.6 Å². The molecule has 0 radical (unpaired) electrons. The first-order chi connectivity index (χ1) is 18.3. The molecule has 1 aromatic rings. The normalized spacial score (nSPS) is 22.9. The molecule has 0 saturated carbocycles. The lowest BCUT2D eigenvalue weighted by atomic mass is 10.0. The van der Waals surface area contributed by atoms with Gasteiger partial charge in [-0.1, -0.05) is 24.3 Å². The molecule has 1 aliphatic carbocycles. The Morgan fingerprint density at radius 1 is 1.23 bits per heavy atom. The molecule has 3 aliphatic rings. The zero-order valence-electron chi connectivity index (χ0n) is 21.5. The van der Waals surface area contributed by atoms with Crippen LogP contribution in [0.25, 0.3) is 0 Å². The van der Waals surface area contributed by atoms with Crippen molar-refractivity contribution in [3.8, 4) is 0 Å². The van der Waals surface area contributed by atoms with E-state index in [2.05, 4.69) is 24.6 Å². The molecular formula is C23H29F3N6O6S. The fourth-order valence-corrected chi connectivity index (χ4v) is 5.19. The van der Waals surface area contributed by atoms with E-state index in [0.29, 0.717) is 0 Å². The van der Waals surface area contributed by atoms with Crippen LogP contribution in [0.4, 0.5) is 13.2 Å². The number of hydrazone groups is 1. The Hall–Kier alpha value is -3.05. The van der Waals surface area contributed by atoms with E-state index in [1.165, 1.54) is 25.4 Å². The summed E-state index contributed by atoms with van der Waals surface area (Å²) < 4.78 is 81.2. The summed E-state index contributed by atoms with van der Waals surface area (Å²) in [5.41, 5.74) is 0.974. The van der Waals surface area contributed by atoms with Crippen LogP contribution in [0.3, 0.4) is 0 Å². The number of hydrogen-bond donors (Lipinski definition) is 2. The maximum Gasteiger partial charge on any atom is 0.545 e. The summed E-state index contributed by atoms with van der Waals surface area (Å²) in [6.45, 7) is 5.81. The molecule has 214 valence electrons. The predicted molar refractivity (Wildman–Crippen MR) is 131 cm³/mol. The molecule has 0 spiro atoms. The van der Waals surface area contributed by atoms with Gasteiger partial charge in [-0.25, -0.2) is 18.4 Å². The van der Waals surface area contributed by atoms with E-state index in [4.69, 9.17) is 9.47 Å². The minimum atomic E-state index is -5.16. The molecular weight excluding hydrogens is 545 g/mol. The van der Waals surface area contributed by atoms with Crippen molar-refractivity contribution in [1.82, 2.24) is 24.8 Å². The van der Waals surface area contributed by atoms with Crippen molar-refractivity contribution < 1.29 is 41.0 Å². The van der Waals surface area contributed by atoms with E-state index < -0.39 is 58.6 Å². The first-order valence-electron chi connectivity index (χ1n) is 12.0. The number of allylic oxidation sites excluding steroid dienone is 2. The molecule has 16 heteroatoms. The van der Waals surface area contributed by atoms with E-state index in [1.54, 1.807) is 39.0 Å². The van der Waals surface area contributed by atoms with Gasteiger partial charge < -0.3 is 14.6 Å². The first kappa shape index (κ1) is 28.9. The van der Waals surface area contributed by atoms with Crippen molar-refractivity contribution in [3.63, 3.8) is 0 Å². The number of aliphatic hydroxyl groups is 1. The van der Waals surface area contributed by atoms with Crippen LogP contribution in [0.5, 0.6) is 0 Å². The number of aromatic nitrogens is 2. The summed E-state index contributed by atoms with van der Waals surface area (Å²) in [4.78, 5) is 13.7. The fourth-order valence-electron chi connectivity index (χ4n) is 4.10. The molecule has 39 heavy (non-hydrogen) atoms. The summed E-state index contributed by atoms with van der Waals surface area (Å²) in [5.74, 6) is -0.659. The second-order valence-corrected chi connectivity index (χ2v) is 11.3. The molecule has 0 amide bonds. The number of nitrogens with zero attached hydrogens (tertiary/aromatic N) is 5. The van der Waals surface area contributed by atoms with Crippen LogP contribution in [-0.4, -0.2) is 82.6 Å². The summed E-state index contributed by atoms with van der Waals surface area (Å²) >= 11 is 0. The molecule has 2 N–H and O–H groups in total. The van der Waals surface area contributed by atoms with Gasteiger partial charge in [-0.3, -0.25) is 9.62 Å². The summed E-state index contributed by atoms with van der Waals surface area (Å²) in [5, 5.41) is 12.7. The smallest absolute Gasteiger partial charge is 0.394 e. The average molecular weight is 575 g/mol. The quantitative estimate of drug-likeness (QED) is 0.474. The van der Waals surface area contributed by atoms with Gasteiger partial charge in [0.2, 0.25) is 16.0 Å².